The molecule has 0 aromatic carbocycles. The summed E-state index contributed by atoms with van der Waals surface area (Å²) in [5.41, 5.74) is 3.40. The number of nitrogens with one attached hydrogen (secondary N) is 2. The minimum atomic E-state index is -0.391. The predicted octanol–water partition coefficient (Wildman–Crippen LogP) is 3.52. The van der Waals surface area contributed by atoms with E-state index in [0.717, 1.165) is 23.7 Å². The van der Waals surface area contributed by atoms with Crippen molar-refractivity contribution in [1.29, 1.82) is 0 Å². The molecular weight excluding hydrogens is 442 g/mol. The van der Waals surface area contributed by atoms with Gasteiger partial charge in [-0.05, 0) is 39.7 Å². The third kappa shape index (κ3) is 3.71. The first-order valence-corrected chi connectivity index (χ1v) is 11.8. The second-order valence-electron chi connectivity index (χ2n) is 8.05. The number of imidazole rings is 1. The molecule has 172 valence electrons. The highest BCUT2D eigenvalue weighted by atomic mass is 32.1. The van der Waals surface area contributed by atoms with E-state index in [1.165, 1.54) is 11.3 Å². The summed E-state index contributed by atoms with van der Waals surface area (Å²) in [7, 11) is 1.91. The van der Waals surface area contributed by atoms with Gasteiger partial charge in [-0.2, -0.15) is 0 Å². The molecule has 0 saturated heterocycles. The van der Waals surface area contributed by atoms with Crippen LogP contribution in [-0.4, -0.2) is 48.6 Å². The van der Waals surface area contributed by atoms with E-state index < -0.39 is 5.97 Å². The smallest absolute Gasteiger partial charge is 0.350 e. The van der Waals surface area contributed by atoms with Crippen LogP contribution in [0.25, 0.3) is 22.1 Å². The number of hydrogen-bond acceptors (Lipinski definition) is 8. The molecule has 1 amide bonds. The van der Waals surface area contributed by atoms with Crippen molar-refractivity contribution in [3.8, 4) is 0 Å². The molecule has 11 heteroatoms. The number of rotatable bonds is 7. The van der Waals surface area contributed by atoms with Gasteiger partial charge in [0.2, 0.25) is 0 Å². The van der Waals surface area contributed by atoms with Gasteiger partial charge in [-0.1, -0.05) is 11.3 Å². The van der Waals surface area contributed by atoms with Gasteiger partial charge in [-0.25, -0.2) is 19.7 Å². The standard InChI is InChI=1S/C22H25N7O3S/c1-5-29-14(20(30)25-12-7-8-12)9-13-16-15(23-10-28(16)4)18(26-19(13)29)27-22-24-11(3)17(33-22)21(31)32-6-2/h9-10,12H,5-8H2,1-4H3,(H,25,30)(H,24,26,27). The SMILES string of the molecule is CCOC(=O)c1sc(Nc2nc3c(cc(C(=O)NC4CC4)n3CC)c3c2ncn3C)nc1C. The molecule has 1 aliphatic rings. The summed E-state index contributed by atoms with van der Waals surface area (Å²) >= 11 is 1.21. The fraction of sp³-hybridized carbons (Fsp3) is 0.409. The molecule has 33 heavy (non-hydrogen) atoms. The van der Waals surface area contributed by atoms with Crippen LogP contribution in [0.5, 0.6) is 0 Å². The lowest BCUT2D eigenvalue weighted by atomic mass is 10.2. The van der Waals surface area contributed by atoms with Crippen LogP contribution in [0.15, 0.2) is 12.4 Å². The van der Waals surface area contributed by atoms with Gasteiger partial charge in [-0.15, -0.1) is 0 Å². The van der Waals surface area contributed by atoms with Crippen LogP contribution in [0.3, 0.4) is 0 Å². The van der Waals surface area contributed by atoms with Crippen molar-refractivity contribution in [2.24, 2.45) is 7.05 Å². The van der Waals surface area contributed by atoms with Crippen LogP contribution in [-0.2, 0) is 18.3 Å². The third-order valence-electron chi connectivity index (χ3n) is 5.65. The summed E-state index contributed by atoms with van der Waals surface area (Å²) in [4.78, 5) is 39.4. The van der Waals surface area contributed by atoms with Crippen LogP contribution in [0.2, 0.25) is 0 Å². The lowest BCUT2D eigenvalue weighted by Gasteiger charge is -2.09. The van der Waals surface area contributed by atoms with Gasteiger partial charge in [0.15, 0.2) is 10.9 Å². The maximum atomic E-state index is 12.9. The average Bonchev–Trinajstić information content (AvgIpc) is 3.22. The Hall–Kier alpha value is -3.47. The normalized spacial score (nSPS) is 13.6. The first kappa shape index (κ1) is 21.4. The first-order chi connectivity index (χ1) is 15.9. The number of aromatic nitrogens is 5. The molecule has 1 saturated carbocycles. The zero-order valence-electron chi connectivity index (χ0n) is 18.9. The number of thiazole rings is 1. The van der Waals surface area contributed by atoms with Gasteiger partial charge < -0.3 is 24.5 Å². The Morgan fingerprint density at radius 2 is 2.06 bits per heavy atom. The van der Waals surface area contributed by atoms with Gasteiger partial charge in [0, 0.05) is 25.0 Å². The van der Waals surface area contributed by atoms with Crippen molar-refractivity contribution in [3.63, 3.8) is 0 Å². The number of pyridine rings is 1. The van der Waals surface area contributed by atoms with Gasteiger partial charge in [0.25, 0.3) is 5.91 Å². The van der Waals surface area contributed by atoms with Crippen LogP contribution in [0.4, 0.5) is 10.9 Å². The molecule has 1 aliphatic carbocycles. The predicted molar refractivity (Wildman–Crippen MR) is 126 cm³/mol. The Balaban J connectivity index is 1.61. The topological polar surface area (TPSA) is 116 Å². The van der Waals surface area contributed by atoms with Crippen LogP contribution < -0.4 is 10.6 Å². The fourth-order valence-electron chi connectivity index (χ4n) is 3.93. The molecule has 0 spiro atoms. The van der Waals surface area contributed by atoms with E-state index in [4.69, 9.17) is 9.72 Å². The number of anilines is 2. The fourth-order valence-corrected chi connectivity index (χ4v) is 4.79. The summed E-state index contributed by atoms with van der Waals surface area (Å²) in [6, 6.07) is 2.16. The lowest BCUT2D eigenvalue weighted by molar-refractivity contribution is 0.0531. The molecular formula is C22H25N7O3S. The van der Waals surface area contributed by atoms with Gasteiger partial charge in [-0.3, -0.25) is 4.79 Å². The minimum Gasteiger partial charge on any atom is -0.462 e. The Morgan fingerprint density at radius 1 is 1.27 bits per heavy atom. The Morgan fingerprint density at radius 3 is 2.76 bits per heavy atom. The van der Waals surface area contributed by atoms with E-state index in [1.807, 2.05) is 29.2 Å². The number of hydrogen-bond donors (Lipinski definition) is 2. The second kappa shape index (κ2) is 8.14. The van der Waals surface area contributed by atoms with Crippen molar-refractivity contribution in [1.82, 2.24) is 29.4 Å². The largest absolute Gasteiger partial charge is 0.462 e. The van der Waals surface area contributed by atoms with Crippen molar-refractivity contribution in [2.75, 3.05) is 11.9 Å². The van der Waals surface area contributed by atoms with Crippen molar-refractivity contribution in [3.05, 3.63) is 28.7 Å². The highest BCUT2D eigenvalue weighted by Gasteiger charge is 2.27. The Bertz CT molecular complexity index is 1400. The van der Waals surface area contributed by atoms with Crippen molar-refractivity contribution >= 4 is 56.2 Å². The van der Waals surface area contributed by atoms with Crippen LogP contribution >= 0.6 is 11.3 Å². The summed E-state index contributed by atoms with van der Waals surface area (Å²) in [5, 5.41) is 7.70. The number of fused-ring (bicyclic) bond motifs is 3. The van der Waals surface area contributed by atoms with Crippen LogP contribution in [0, 0.1) is 6.92 Å². The second-order valence-corrected chi connectivity index (χ2v) is 9.05. The van der Waals surface area contributed by atoms with Crippen molar-refractivity contribution < 1.29 is 14.3 Å². The molecule has 0 radical (unpaired) electrons. The molecule has 1 fully saturated rings. The first-order valence-electron chi connectivity index (χ1n) is 11.0. The lowest BCUT2D eigenvalue weighted by Crippen LogP contribution is -2.27. The summed E-state index contributed by atoms with van der Waals surface area (Å²) < 4.78 is 8.96. The molecule has 0 bridgehead atoms. The average molecular weight is 468 g/mol. The monoisotopic (exact) mass is 467 g/mol. The quantitative estimate of drug-likeness (QED) is 0.400. The van der Waals surface area contributed by atoms with E-state index in [-0.39, 0.29) is 11.9 Å². The number of carbonyl (C=O) groups is 2. The number of esters is 1. The van der Waals surface area contributed by atoms with E-state index in [0.29, 0.717) is 51.5 Å². The van der Waals surface area contributed by atoms with Gasteiger partial charge in [0.05, 0.1) is 24.1 Å². The number of carbonyl (C=O) groups excluding carboxylic acids is 2. The molecule has 4 heterocycles. The molecule has 2 N–H and O–H groups in total. The summed E-state index contributed by atoms with van der Waals surface area (Å²) in [6.45, 7) is 6.43. The van der Waals surface area contributed by atoms with Crippen LogP contribution in [0.1, 0.15) is 52.5 Å². The van der Waals surface area contributed by atoms with E-state index in [1.54, 1.807) is 20.2 Å². The molecule has 0 aliphatic heterocycles. The van der Waals surface area contributed by atoms with E-state index in [9.17, 15) is 9.59 Å². The zero-order chi connectivity index (χ0) is 23.3. The van der Waals surface area contributed by atoms with Gasteiger partial charge >= 0.3 is 5.97 Å². The molecule has 5 rings (SSSR count). The maximum Gasteiger partial charge on any atom is 0.350 e. The van der Waals surface area contributed by atoms with E-state index >= 15 is 0 Å². The highest BCUT2D eigenvalue weighted by Crippen LogP contribution is 2.34. The summed E-state index contributed by atoms with van der Waals surface area (Å²) in [5.74, 6) is 0.0409. The third-order valence-corrected chi connectivity index (χ3v) is 6.70. The number of amides is 1. The molecule has 4 aromatic rings. The van der Waals surface area contributed by atoms with Crippen molar-refractivity contribution in [2.45, 2.75) is 46.2 Å². The molecule has 0 atom stereocenters. The minimum absolute atomic E-state index is 0.0863. The number of nitrogens with zero attached hydrogens (tertiary/aromatic N) is 5. The van der Waals surface area contributed by atoms with Gasteiger partial charge in [0.1, 0.15) is 21.7 Å². The molecule has 10 nitrogen and oxygen atoms in total. The number of aryl methyl sites for hydroxylation is 3. The molecule has 0 unspecified atom stereocenters. The highest BCUT2D eigenvalue weighted by molar-refractivity contribution is 7.17. The summed E-state index contributed by atoms with van der Waals surface area (Å²) in [6.07, 6.45) is 3.77. The maximum absolute atomic E-state index is 12.9. The Labute approximate surface area is 194 Å². The zero-order valence-corrected chi connectivity index (χ0v) is 19.7. The Kier molecular flexibility index (Phi) is 5.28. The molecule has 4 aromatic heterocycles. The van der Waals surface area contributed by atoms with E-state index in [2.05, 4.69) is 20.6 Å². The number of ether oxygens (including phenoxy) is 1.